The van der Waals surface area contributed by atoms with Crippen LogP contribution in [0, 0.1) is 12.3 Å². The molecule has 2 atom stereocenters. The predicted octanol–water partition coefficient (Wildman–Crippen LogP) is 2.59. The topological polar surface area (TPSA) is 51.2 Å². The normalized spacial score (nSPS) is 24.7. The molecule has 0 bridgehead atoms. The van der Waals surface area contributed by atoms with Crippen molar-refractivity contribution < 1.29 is 9.53 Å². The van der Waals surface area contributed by atoms with E-state index in [2.05, 4.69) is 24.1 Å². The number of nitrogens with zero attached hydrogens (tertiary/aromatic N) is 1. The van der Waals surface area contributed by atoms with Gasteiger partial charge in [0.1, 0.15) is 0 Å². The molecule has 1 aromatic heterocycles. The Labute approximate surface area is 118 Å². The molecule has 5 heteroatoms. The summed E-state index contributed by atoms with van der Waals surface area (Å²) in [5.74, 6) is -0.176. The molecule has 2 rings (SSSR count). The molecule has 1 amide bonds. The Balaban J connectivity index is 2.07. The lowest BCUT2D eigenvalue weighted by molar-refractivity contribution is -0.0942. The number of ether oxygens (including phenoxy) is 1. The van der Waals surface area contributed by atoms with Gasteiger partial charge in [0, 0.05) is 30.5 Å². The largest absolute Gasteiger partial charge is 0.381 e. The van der Waals surface area contributed by atoms with E-state index in [1.54, 1.807) is 13.2 Å². The Kier molecular flexibility index (Phi) is 3.83. The van der Waals surface area contributed by atoms with Crippen molar-refractivity contribution in [2.75, 3.05) is 7.11 Å². The molecule has 104 valence electrons. The highest BCUT2D eigenvalue weighted by Crippen LogP contribution is 2.42. The molecule has 1 aliphatic rings. The summed E-state index contributed by atoms with van der Waals surface area (Å²) in [4.78, 5) is 16.3. The highest BCUT2D eigenvalue weighted by Gasteiger charge is 2.49. The maximum Gasteiger partial charge on any atom is 0.254 e. The third-order valence-electron chi connectivity index (χ3n) is 4.00. The molecule has 0 aliphatic heterocycles. The van der Waals surface area contributed by atoms with Gasteiger partial charge < -0.3 is 10.1 Å². The predicted molar refractivity (Wildman–Crippen MR) is 74.4 cm³/mol. The second-order valence-electron chi connectivity index (χ2n) is 5.61. The summed E-state index contributed by atoms with van der Waals surface area (Å²) in [6.45, 7) is 6.01. The number of rotatable bonds is 3. The first-order chi connectivity index (χ1) is 8.86. The van der Waals surface area contributed by atoms with Crippen LogP contribution in [0.1, 0.15) is 36.3 Å². The molecule has 1 fully saturated rings. The van der Waals surface area contributed by atoms with Crippen molar-refractivity contribution in [2.45, 2.75) is 39.3 Å². The molecular formula is C14H19ClN2O2. The van der Waals surface area contributed by atoms with Crippen molar-refractivity contribution >= 4 is 17.5 Å². The van der Waals surface area contributed by atoms with E-state index in [1.807, 2.05) is 6.92 Å². The van der Waals surface area contributed by atoms with Crippen molar-refractivity contribution in [1.82, 2.24) is 10.3 Å². The number of carbonyl (C=O) groups excluding carboxylic acids is 1. The van der Waals surface area contributed by atoms with Crippen molar-refractivity contribution in [3.8, 4) is 0 Å². The quantitative estimate of drug-likeness (QED) is 0.927. The molecule has 2 unspecified atom stereocenters. The Morgan fingerprint density at radius 1 is 1.58 bits per heavy atom. The number of hydrogen-bond donors (Lipinski definition) is 1. The van der Waals surface area contributed by atoms with Crippen LogP contribution in [-0.4, -0.2) is 30.1 Å². The van der Waals surface area contributed by atoms with E-state index in [9.17, 15) is 4.79 Å². The molecule has 0 spiro atoms. The van der Waals surface area contributed by atoms with E-state index in [0.29, 0.717) is 10.6 Å². The molecule has 0 radical (unpaired) electrons. The van der Waals surface area contributed by atoms with Crippen LogP contribution < -0.4 is 5.32 Å². The zero-order valence-corrected chi connectivity index (χ0v) is 12.4. The Morgan fingerprint density at radius 3 is 2.79 bits per heavy atom. The zero-order valence-electron chi connectivity index (χ0n) is 11.7. The van der Waals surface area contributed by atoms with Gasteiger partial charge >= 0.3 is 0 Å². The first-order valence-electron chi connectivity index (χ1n) is 6.32. The molecule has 4 nitrogen and oxygen atoms in total. The summed E-state index contributed by atoms with van der Waals surface area (Å²) in [5, 5.41) is 3.44. The van der Waals surface area contributed by atoms with Crippen molar-refractivity contribution in [3.63, 3.8) is 0 Å². The number of carbonyl (C=O) groups is 1. The summed E-state index contributed by atoms with van der Waals surface area (Å²) >= 11 is 6.07. The number of nitrogens with one attached hydrogen (secondary N) is 1. The molecule has 1 heterocycles. The van der Waals surface area contributed by atoms with E-state index in [4.69, 9.17) is 16.3 Å². The fourth-order valence-electron chi connectivity index (χ4n) is 2.46. The molecule has 1 aliphatic carbocycles. The molecule has 0 aromatic carbocycles. The highest BCUT2D eigenvalue weighted by molar-refractivity contribution is 6.33. The molecule has 0 saturated heterocycles. The van der Waals surface area contributed by atoms with Gasteiger partial charge in [-0.1, -0.05) is 25.4 Å². The minimum absolute atomic E-state index is 0.0605. The molecule has 1 aromatic rings. The molecule has 19 heavy (non-hydrogen) atoms. The maximum atomic E-state index is 12.2. The highest BCUT2D eigenvalue weighted by atomic mass is 35.5. The average Bonchev–Trinajstić information content (AvgIpc) is 2.33. The Bertz CT molecular complexity index is 502. The Morgan fingerprint density at radius 2 is 2.26 bits per heavy atom. The van der Waals surface area contributed by atoms with Gasteiger partial charge in [0.2, 0.25) is 0 Å². The van der Waals surface area contributed by atoms with E-state index >= 15 is 0 Å². The number of hydrogen-bond acceptors (Lipinski definition) is 3. The third-order valence-corrected chi connectivity index (χ3v) is 4.32. The summed E-state index contributed by atoms with van der Waals surface area (Å²) in [6, 6.07) is 1.79. The van der Waals surface area contributed by atoms with Crippen molar-refractivity contribution in [3.05, 3.63) is 28.5 Å². The number of aromatic nitrogens is 1. The van der Waals surface area contributed by atoms with Crippen molar-refractivity contribution in [1.29, 1.82) is 0 Å². The van der Waals surface area contributed by atoms with Crippen LogP contribution in [0.4, 0.5) is 0 Å². The van der Waals surface area contributed by atoms with Crippen LogP contribution >= 0.6 is 11.6 Å². The van der Waals surface area contributed by atoms with Gasteiger partial charge in [-0.3, -0.25) is 9.78 Å². The fourth-order valence-corrected chi connectivity index (χ4v) is 2.75. The SMILES string of the molecule is COC1CC(NC(=O)c2cnc(C)cc2Cl)C1(C)C. The lowest BCUT2D eigenvalue weighted by Crippen LogP contribution is -2.61. The number of pyridine rings is 1. The Hall–Kier alpha value is -1.13. The minimum Gasteiger partial charge on any atom is -0.381 e. The van der Waals surface area contributed by atoms with Gasteiger partial charge in [-0.25, -0.2) is 0 Å². The standard InChI is InChI=1S/C14H19ClN2O2/c1-8-5-10(15)9(7-16-8)13(18)17-11-6-12(19-4)14(11,2)3/h5,7,11-12H,6H2,1-4H3,(H,17,18). The lowest BCUT2D eigenvalue weighted by Gasteiger charge is -2.51. The second-order valence-corrected chi connectivity index (χ2v) is 6.02. The summed E-state index contributed by atoms with van der Waals surface area (Å²) in [6.07, 6.45) is 2.53. The van der Waals surface area contributed by atoms with Crippen molar-refractivity contribution in [2.24, 2.45) is 5.41 Å². The van der Waals surface area contributed by atoms with Crippen LogP contribution in [0.15, 0.2) is 12.3 Å². The van der Waals surface area contributed by atoms with Crippen LogP contribution in [0.25, 0.3) is 0 Å². The molecule has 1 saturated carbocycles. The average molecular weight is 283 g/mol. The number of halogens is 1. The number of methoxy groups -OCH3 is 1. The lowest BCUT2D eigenvalue weighted by atomic mass is 9.64. The molecular weight excluding hydrogens is 264 g/mol. The summed E-state index contributed by atoms with van der Waals surface area (Å²) in [5.41, 5.74) is 1.16. The first-order valence-corrected chi connectivity index (χ1v) is 6.70. The van der Waals surface area contributed by atoms with Gasteiger partial charge in [-0.2, -0.15) is 0 Å². The van der Waals surface area contributed by atoms with Gasteiger partial charge in [0.15, 0.2) is 0 Å². The minimum atomic E-state index is -0.176. The fraction of sp³-hybridized carbons (Fsp3) is 0.571. The maximum absolute atomic E-state index is 12.2. The van der Waals surface area contributed by atoms with Crippen LogP contribution in [-0.2, 0) is 4.74 Å². The summed E-state index contributed by atoms with van der Waals surface area (Å²) in [7, 11) is 1.70. The third kappa shape index (κ3) is 2.60. The van der Waals surface area contributed by atoms with E-state index < -0.39 is 0 Å². The van der Waals surface area contributed by atoms with Gasteiger partial charge in [-0.15, -0.1) is 0 Å². The zero-order chi connectivity index (χ0) is 14.2. The van der Waals surface area contributed by atoms with E-state index in [-0.39, 0.29) is 23.5 Å². The van der Waals surface area contributed by atoms with Crippen LogP contribution in [0.3, 0.4) is 0 Å². The van der Waals surface area contributed by atoms with Crippen LogP contribution in [0.5, 0.6) is 0 Å². The second kappa shape index (κ2) is 5.10. The first kappa shape index (κ1) is 14.3. The monoisotopic (exact) mass is 282 g/mol. The van der Waals surface area contributed by atoms with Gasteiger partial charge in [0.25, 0.3) is 5.91 Å². The number of aryl methyl sites for hydroxylation is 1. The number of amides is 1. The van der Waals surface area contributed by atoms with Crippen LogP contribution in [0.2, 0.25) is 5.02 Å². The van der Waals surface area contributed by atoms with E-state index in [0.717, 1.165) is 12.1 Å². The van der Waals surface area contributed by atoms with Gasteiger partial charge in [-0.05, 0) is 19.4 Å². The van der Waals surface area contributed by atoms with Gasteiger partial charge in [0.05, 0.1) is 16.7 Å². The molecule has 1 N–H and O–H groups in total. The smallest absolute Gasteiger partial charge is 0.254 e. The van der Waals surface area contributed by atoms with E-state index in [1.165, 1.54) is 6.20 Å². The summed E-state index contributed by atoms with van der Waals surface area (Å²) < 4.78 is 5.37.